The molecule has 1 heterocycles. The van der Waals surface area contributed by atoms with Crippen LogP contribution in [0.5, 0.6) is 0 Å². The molecule has 7 heteroatoms. The summed E-state index contributed by atoms with van der Waals surface area (Å²) in [7, 11) is -3.67. The molecule has 0 fully saturated rings. The molecule has 106 valence electrons. The van der Waals surface area contributed by atoms with Crippen LogP contribution in [0.15, 0.2) is 67.9 Å². The van der Waals surface area contributed by atoms with Crippen LogP contribution in [-0.4, -0.2) is 18.4 Å². The first-order chi connectivity index (χ1) is 9.98. The van der Waals surface area contributed by atoms with Gasteiger partial charge in [0.2, 0.25) is 9.84 Å². The number of rotatable bonds is 2. The topological polar surface area (TPSA) is 99.9 Å². The first-order valence-corrected chi connectivity index (χ1v) is 7.53. The van der Waals surface area contributed by atoms with Crippen LogP contribution in [0.1, 0.15) is 0 Å². The summed E-state index contributed by atoms with van der Waals surface area (Å²) in [6.07, 6.45) is 0. The van der Waals surface area contributed by atoms with Crippen molar-refractivity contribution >= 4 is 20.9 Å². The Morgan fingerprint density at radius 3 is 2.00 bits per heavy atom. The summed E-state index contributed by atoms with van der Waals surface area (Å²) in [5, 5.41) is 0. The molecular formula is C14H10N2O4S. The van der Waals surface area contributed by atoms with Gasteiger partial charge >= 0.3 is 11.1 Å². The zero-order valence-electron chi connectivity index (χ0n) is 10.7. The van der Waals surface area contributed by atoms with E-state index in [0.717, 1.165) is 0 Å². The summed E-state index contributed by atoms with van der Waals surface area (Å²) in [6, 6.07) is 12.1. The van der Waals surface area contributed by atoms with Crippen LogP contribution >= 0.6 is 0 Å². The van der Waals surface area contributed by atoms with Gasteiger partial charge < -0.3 is 9.97 Å². The molecule has 0 aliphatic heterocycles. The predicted molar refractivity (Wildman–Crippen MR) is 77.1 cm³/mol. The van der Waals surface area contributed by atoms with E-state index in [2.05, 4.69) is 9.97 Å². The summed E-state index contributed by atoms with van der Waals surface area (Å²) in [5.41, 5.74) is -0.971. The van der Waals surface area contributed by atoms with Crippen LogP contribution in [0.4, 0.5) is 0 Å². The van der Waals surface area contributed by atoms with E-state index in [1.165, 1.54) is 30.3 Å². The monoisotopic (exact) mass is 302 g/mol. The Bertz CT molecular complexity index is 1030. The van der Waals surface area contributed by atoms with E-state index in [1.54, 1.807) is 18.2 Å². The van der Waals surface area contributed by atoms with Crippen LogP contribution in [0.25, 0.3) is 11.0 Å². The minimum Gasteiger partial charge on any atom is -0.316 e. The first kappa shape index (κ1) is 13.3. The van der Waals surface area contributed by atoms with Crippen molar-refractivity contribution in [2.75, 3.05) is 0 Å². The largest absolute Gasteiger partial charge is 0.316 e. The smallest absolute Gasteiger partial charge is 0.314 e. The molecule has 0 saturated carbocycles. The Morgan fingerprint density at radius 2 is 1.33 bits per heavy atom. The number of benzene rings is 2. The van der Waals surface area contributed by atoms with Crippen molar-refractivity contribution in [2.45, 2.75) is 9.79 Å². The highest BCUT2D eigenvalue weighted by atomic mass is 32.2. The lowest BCUT2D eigenvalue weighted by molar-refractivity contribution is 0.596. The molecule has 21 heavy (non-hydrogen) atoms. The molecule has 2 N–H and O–H groups in total. The zero-order chi connectivity index (χ0) is 15.0. The van der Waals surface area contributed by atoms with Crippen molar-refractivity contribution in [1.82, 2.24) is 9.97 Å². The summed E-state index contributed by atoms with van der Waals surface area (Å²) >= 11 is 0. The quantitative estimate of drug-likeness (QED) is 0.691. The van der Waals surface area contributed by atoms with Crippen molar-refractivity contribution in [1.29, 1.82) is 0 Å². The molecule has 0 radical (unpaired) electrons. The lowest BCUT2D eigenvalue weighted by Crippen LogP contribution is -2.28. The molecule has 3 rings (SSSR count). The maximum Gasteiger partial charge on any atom is 0.314 e. The van der Waals surface area contributed by atoms with Crippen LogP contribution in [-0.2, 0) is 9.84 Å². The van der Waals surface area contributed by atoms with Crippen LogP contribution < -0.4 is 11.1 Å². The fourth-order valence-electron chi connectivity index (χ4n) is 2.00. The van der Waals surface area contributed by atoms with Gasteiger partial charge in [-0.05, 0) is 30.3 Å². The number of aromatic amines is 2. The zero-order valence-corrected chi connectivity index (χ0v) is 11.5. The van der Waals surface area contributed by atoms with Gasteiger partial charge in [0.05, 0.1) is 20.8 Å². The molecule has 3 aromatic rings. The van der Waals surface area contributed by atoms with E-state index >= 15 is 0 Å². The third-order valence-electron chi connectivity index (χ3n) is 3.06. The van der Waals surface area contributed by atoms with Gasteiger partial charge in [0, 0.05) is 0 Å². The molecule has 0 amide bonds. The molecule has 0 saturated heterocycles. The lowest BCUT2D eigenvalue weighted by Gasteiger charge is -2.05. The summed E-state index contributed by atoms with van der Waals surface area (Å²) in [5.74, 6) is 0. The third-order valence-corrected chi connectivity index (χ3v) is 4.82. The number of sulfone groups is 1. The molecule has 0 spiro atoms. The van der Waals surface area contributed by atoms with Crippen molar-refractivity contribution < 1.29 is 8.42 Å². The van der Waals surface area contributed by atoms with E-state index in [9.17, 15) is 18.0 Å². The average Bonchev–Trinajstić information content (AvgIpc) is 2.49. The van der Waals surface area contributed by atoms with Crippen LogP contribution in [0.2, 0.25) is 0 Å². The molecule has 2 aromatic carbocycles. The number of hydrogen-bond donors (Lipinski definition) is 2. The van der Waals surface area contributed by atoms with Crippen molar-refractivity contribution in [3.8, 4) is 0 Å². The van der Waals surface area contributed by atoms with Gasteiger partial charge in [0.15, 0.2) is 0 Å². The number of nitrogens with one attached hydrogen (secondary N) is 2. The Morgan fingerprint density at radius 1 is 0.714 bits per heavy atom. The Hall–Kier alpha value is -2.67. The second-order valence-electron chi connectivity index (χ2n) is 4.43. The fourth-order valence-corrected chi connectivity index (χ4v) is 3.30. The van der Waals surface area contributed by atoms with Gasteiger partial charge in [-0.1, -0.05) is 18.2 Å². The molecule has 0 unspecified atom stereocenters. The summed E-state index contributed by atoms with van der Waals surface area (Å²) < 4.78 is 24.9. The molecule has 0 aliphatic carbocycles. The minimum atomic E-state index is -3.67. The molecule has 0 aliphatic rings. The van der Waals surface area contributed by atoms with Gasteiger partial charge in [-0.25, -0.2) is 8.42 Å². The highest BCUT2D eigenvalue weighted by Gasteiger charge is 2.17. The van der Waals surface area contributed by atoms with Gasteiger partial charge in [-0.2, -0.15) is 0 Å². The average molecular weight is 302 g/mol. The summed E-state index contributed by atoms with van der Waals surface area (Å²) in [6.45, 7) is 0. The Labute approximate surface area is 119 Å². The van der Waals surface area contributed by atoms with E-state index in [1.807, 2.05) is 0 Å². The fraction of sp³-hybridized carbons (Fsp3) is 0. The van der Waals surface area contributed by atoms with Crippen molar-refractivity contribution in [2.24, 2.45) is 0 Å². The highest BCUT2D eigenvalue weighted by molar-refractivity contribution is 7.91. The Kier molecular flexibility index (Phi) is 2.99. The van der Waals surface area contributed by atoms with Crippen molar-refractivity contribution in [3.63, 3.8) is 0 Å². The second-order valence-corrected chi connectivity index (χ2v) is 6.38. The predicted octanol–water partition coefficient (Wildman–Crippen LogP) is 1.05. The Balaban J connectivity index is 2.24. The molecule has 0 bridgehead atoms. The molecule has 6 nitrogen and oxygen atoms in total. The SMILES string of the molecule is O=c1[nH]c2ccc(S(=O)(=O)c3ccccc3)cc2[nH]c1=O. The van der Waals surface area contributed by atoms with E-state index in [0.29, 0.717) is 5.52 Å². The minimum absolute atomic E-state index is 0.0453. The van der Waals surface area contributed by atoms with Crippen molar-refractivity contribution in [3.05, 3.63) is 69.2 Å². The van der Waals surface area contributed by atoms with Gasteiger partial charge in [-0.15, -0.1) is 0 Å². The van der Waals surface area contributed by atoms with E-state index in [-0.39, 0.29) is 15.3 Å². The number of aromatic nitrogens is 2. The molecule has 0 atom stereocenters. The van der Waals surface area contributed by atoms with Crippen LogP contribution in [0.3, 0.4) is 0 Å². The number of H-pyrrole nitrogens is 2. The number of hydrogen-bond acceptors (Lipinski definition) is 4. The highest BCUT2D eigenvalue weighted by Crippen LogP contribution is 2.22. The van der Waals surface area contributed by atoms with E-state index in [4.69, 9.17) is 0 Å². The van der Waals surface area contributed by atoms with Crippen LogP contribution in [0, 0.1) is 0 Å². The lowest BCUT2D eigenvalue weighted by atomic mass is 10.3. The normalized spacial score (nSPS) is 11.6. The van der Waals surface area contributed by atoms with Gasteiger partial charge in [-0.3, -0.25) is 9.59 Å². The maximum absolute atomic E-state index is 12.5. The van der Waals surface area contributed by atoms with E-state index < -0.39 is 21.0 Å². The standard InChI is InChI=1S/C14H10N2O4S/c17-13-14(18)16-12-8-10(6-7-11(12)15-13)21(19,20)9-4-2-1-3-5-9/h1-8H,(H,15,17)(H,16,18). The first-order valence-electron chi connectivity index (χ1n) is 6.05. The number of fused-ring (bicyclic) bond motifs is 1. The molecular weight excluding hydrogens is 292 g/mol. The second kappa shape index (κ2) is 4.71. The maximum atomic E-state index is 12.5. The summed E-state index contributed by atoms with van der Waals surface area (Å²) in [4.78, 5) is 27.5. The van der Waals surface area contributed by atoms with Gasteiger partial charge in [0.1, 0.15) is 0 Å². The molecule has 1 aromatic heterocycles. The third kappa shape index (κ3) is 2.27. The van der Waals surface area contributed by atoms with Gasteiger partial charge in [0.25, 0.3) is 0 Å².